The number of pyridine rings is 2. The van der Waals surface area contributed by atoms with Gasteiger partial charge in [0.15, 0.2) is 0 Å². The van der Waals surface area contributed by atoms with Crippen molar-refractivity contribution in [3.63, 3.8) is 0 Å². The van der Waals surface area contributed by atoms with Gasteiger partial charge in [0.2, 0.25) is 0 Å². The van der Waals surface area contributed by atoms with Crippen molar-refractivity contribution in [2.75, 3.05) is 0 Å². The summed E-state index contributed by atoms with van der Waals surface area (Å²) in [6.45, 7) is 6.48. The van der Waals surface area contributed by atoms with Gasteiger partial charge in [0.25, 0.3) is 0 Å². The molecule has 0 N–H and O–H groups in total. The summed E-state index contributed by atoms with van der Waals surface area (Å²) in [5.74, 6) is 26.7. The molecule has 0 amide bonds. The maximum atomic E-state index is 5.24. The largest absolute Gasteiger partial charge is 0.292 e. The van der Waals surface area contributed by atoms with Gasteiger partial charge in [-0.1, -0.05) is 62.9 Å². The van der Waals surface area contributed by atoms with Crippen LogP contribution >= 0.6 is 0 Å². The van der Waals surface area contributed by atoms with Gasteiger partial charge in [-0.15, -0.1) is 12.8 Å². The van der Waals surface area contributed by atoms with Gasteiger partial charge in [-0.2, -0.15) is 0 Å². The van der Waals surface area contributed by atoms with E-state index < -0.39 is 0 Å². The fourth-order valence-electron chi connectivity index (χ4n) is 4.29. The Kier molecular flexibility index (Phi) is 6.54. The van der Waals surface area contributed by atoms with Crippen LogP contribution in [0, 0.1) is 72.1 Å². The molecule has 0 atom stereocenters. The molecule has 0 unspecified atom stereocenters. The third-order valence-electron chi connectivity index (χ3n) is 6.10. The molecule has 0 fully saturated rings. The van der Waals surface area contributed by atoms with Crippen molar-refractivity contribution >= 4 is 27.6 Å². The molecule has 3 heterocycles. The summed E-state index contributed by atoms with van der Waals surface area (Å²) < 4.78 is 2.15. The molecule has 3 nitrogen and oxygen atoms in total. The van der Waals surface area contributed by atoms with Gasteiger partial charge in [0.05, 0.1) is 22.2 Å². The average molecular weight is 496 g/mol. The molecule has 0 aliphatic heterocycles. The number of terminal acetylenes is 2. The lowest BCUT2D eigenvalue weighted by Gasteiger charge is -2.18. The van der Waals surface area contributed by atoms with Crippen molar-refractivity contribution in [3.8, 4) is 83.3 Å². The summed E-state index contributed by atoms with van der Waals surface area (Å²) in [5.41, 5.74) is 7.67. The zero-order valence-corrected chi connectivity index (χ0v) is 21.8. The van der Waals surface area contributed by atoms with Crippen LogP contribution in [-0.4, -0.2) is 14.4 Å². The second kappa shape index (κ2) is 10.3. The first-order chi connectivity index (χ1) is 18.9. The van der Waals surface area contributed by atoms with Crippen molar-refractivity contribution < 1.29 is 0 Å². The average Bonchev–Trinajstić information content (AvgIpc) is 3.31. The molecule has 0 saturated heterocycles. The third-order valence-corrected chi connectivity index (χ3v) is 6.10. The Morgan fingerprint density at radius 2 is 1.36 bits per heavy atom. The van der Waals surface area contributed by atoms with Crippen LogP contribution in [0.25, 0.3) is 38.8 Å². The number of benzene rings is 2. The maximum absolute atomic E-state index is 5.24. The van der Waals surface area contributed by atoms with E-state index in [0.29, 0.717) is 11.1 Å². The highest BCUT2D eigenvalue weighted by molar-refractivity contribution is 6.00. The Hall–Kier alpha value is -5.84. The van der Waals surface area contributed by atoms with Gasteiger partial charge < -0.3 is 0 Å². The molecule has 0 aliphatic carbocycles. The van der Waals surface area contributed by atoms with Crippen LogP contribution in [0.15, 0.2) is 60.7 Å². The van der Waals surface area contributed by atoms with E-state index in [2.05, 4.69) is 115 Å². The van der Waals surface area contributed by atoms with Gasteiger partial charge in [0.1, 0.15) is 5.65 Å². The van der Waals surface area contributed by atoms with Gasteiger partial charge in [-0.25, -0.2) is 4.98 Å². The topological polar surface area (TPSA) is 30.2 Å². The lowest BCUT2D eigenvalue weighted by molar-refractivity contribution is 0.571. The van der Waals surface area contributed by atoms with Crippen LogP contribution in [-0.2, 0) is 5.41 Å². The maximum Gasteiger partial charge on any atom is 0.147 e. The molecule has 39 heavy (non-hydrogen) atoms. The quantitative estimate of drug-likeness (QED) is 0.268. The van der Waals surface area contributed by atoms with Gasteiger partial charge in [0, 0.05) is 27.6 Å². The number of imidazole rings is 1. The van der Waals surface area contributed by atoms with E-state index in [-0.39, 0.29) is 5.41 Å². The van der Waals surface area contributed by atoms with Crippen LogP contribution in [0.3, 0.4) is 0 Å². The Bertz CT molecular complexity index is 2130. The van der Waals surface area contributed by atoms with E-state index in [4.69, 9.17) is 22.8 Å². The molecular weight excluding hydrogens is 474 g/mol. The Morgan fingerprint density at radius 3 is 2.00 bits per heavy atom. The van der Waals surface area contributed by atoms with Crippen molar-refractivity contribution in [2.45, 2.75) is 26.2 Å². The molecule has 0 spiro atoms. The highest BCUT2D eigenvalue weighted by Gasteiger charge is 2.20. The normalized spacial score (nSPS) is 10.1. The fraction of sp³-hybridized carbons (Fsp3) is 0.111. The second-order valence-electron chi connectivity index (χ2n) is 9.72. The summed E-state index contributed by atoms with van der Waals surface area (Å²) in [5, 5.41) is 0.957. The highest BCUT2D eigenvalue weighted by atomic mass is 15.0. The first kappa shape index (κ1) is 24.8. The predicted octanol–water partition coefficient (Wildman–Crippen LogP) is 5.98. The fourth-order valence-corrected chi connectivity index (χ4v) is 4.29. The molecule has 0 aliphatic rings. The van der Waals surface area contributed by atoms with Gasteiger partial charge in [-0.3, -0.25) is 9.38 Å². The van der Waals surface area contributed by atoms with Crippen LogP contribution in [0.1, 0.15) is 37.6 Å². The highest BCUT2D eigenvalue weighted by Crippen LogP contribution is 2.33. The number of rotatable bonds is 1. The van der Waals surface area contributed by atoms with E-state index in [0.717, 1.165) is 44.5 Å². The first-order valence-electron chi connectivity index (χ1n) is 12.2. The summed E-state index contributed by atoms with van der Waals surface area (Å²) in [6, 6.07) is 20.4. The lowest BCUT2D eigenvalue weighted by Crippen LogP contribution is -2.13. The second-order valence-corrected chi connectivity index (χ2v) is 9.72. The Labute approximate surface area is 228 Å². The zero-order chi connectivity index (χ0) is 27.4. The van der Waals surface area contributed by atoms with E-state index in [1.54, 1.807) is 0 Å². The molecule has 0 saturated carbocycles. The van der Waals surface area contributed by atoms with Crippen LogP contribution < -0.4 is 0 Å². The zero-order valence-electron chi connectivity index (χ0n) is 21.8. The minimum atomic E-state index is -0.0842. The van der Waals surface area contributed by atoms with Crippen molar-refractivity contribution in [1.82, 2.24) is 14.4 Å². The smallest absolute Gasteiger partial charge is 0.147 e. The Morgan fingerprint density at radius 1 is 0.692 bits per heavy atom. The predicted molar refractivity (Wildman–Crippen MR) is 159 cm³/mol. The number of hydrogen-bond acceptors (Lipinski definition) is 2. The van der Waals surface area contributed by atoms with E-state index in [9.17, 15) is 0 Å². The van der Waals surface area contributed by atoms with Gasteiger partial charge in [-0.05, 0) is 83.3 Å². The molecule has 0 radical (unpaired) electrons. The SMILES string of the molecule is C#CC#CC#Cc1cc2nc3c4ccc(C(C)(C)C)nc4cc(-c4ccccc4)n3c2cc1C#CC#CC#C. The molecular formula is C36H21N3. The van der Waals surface area contributed by atoms with E-state index in [1.165, 1.54) is 0 Å². The molecule has 180 valence electrons. The van der Waals surface area contributed by atoms with Crippen molar-refractivity contribution in [2.24, 2.45) is 0 Å². The standard InChI is InChI=1S/C36H21N3/c1-6-8-10-13-19-27-23-31-33(24-28(27)20-14-11-9-7-2)39-32(26-17-15-12-16-18-26)25-30-29(35(39)38-31)21-22-34(37-30)36(3,4)5/h1-2,12,15-18,21-25H,3-5H3. The minimum Gasteiger partial charge on any atom is -0.292 e. The number of hydrogen-bond donors (Lipinski definition) is 0. The van der Waals surface area contributed by atoms with Crippen molar-refractivity contribution in [1.29, 1.82) is 0 Å². The molecule has 5 rings (SSSR count). The Balaban J connectivity index is 1.90. The molecule has 3 heteroatoms. The summed E-state index contributed by atoms with van der Waals surface area (Å²) in [4.78, 5) is 10.1. The monoisotopic (exact) mass is 495 g/mol. The molecule has 0 bridgehead atoms. The van der Waals surface area contributed by atoms with Crippen LogP contribution in [0.2, 0.25) is 0 Å². The molecule has 3 aromatic heterocycles. The summed E-state index contributed by atoms with van der Waals surface area (Å²) in [6.07, 6.45) is 10.5. The number of aromatic nitrogens is 3. The van der Waals surface area contributed by atoms with Crippen LogP contribution in [0.5, 0.6) is 0 Å². The lowest BCUT2D eigenvalue weighted by atomic mass is 9.91. The van der Waals surface area contributed by atoms with Gasteiger partial charge >= 0.3 is 0 Å². The van der Waals surface area contributed by atoms with E-state index in [1.807, 2.05) is 30.3 Å². The van der Waals surface area contributed by atoms with Crippen molar-refractivity contribution in [3.05, 3.63) is 77.5 Å². The summed E-state index contributed by atoms with van der Waals surface area (Å²) in [7, 11) is 0. The molecule has 5 aromatic rings. The van der Waals surface area contributed by atoms with E-state index >= 15 is 0 Å². The third kappa shape index (κ3) is 4.91. The number of nitrogens with zero attached hydrogens (tertiary/aromatic N) is 3. The number of fused-ring (bicyclic) bond motifs is 5. The molecule has 2 aromatic carbocycles. The first-order valence-corrected chi connectivity index (χ1v) is 12.2. The minimum absolute atomic E-state index is 0.0842. The van der Waals surface area contributed by atoms with Crippen LogP contribution in [0.4, 0.5) is 0 Å². The summed E-state index contributed by atoms with van der Waals surface area (Å²) >= 11 is 0.